The Kier molecular flexibility index (Phi) is 7.82. The molecule has 1 aliphatic heterocycles. The molecule has 0 amide bonds. The Bertz CT molecular complexity index is 3410. The molecule has 0 bridgehead atoms. The first-order valence-electron chi connectivity index (χ1n) is 20.7. The number of aromatic nitrogens is 1. The third kappa shape index (κ3) is 5.41. The van der Waals surface area contributed by atoms with E-state index in [0.29, 0.717) is 0 Å². The summed E-state index contributed by atoms with van der Waals surface area (Å²) in [6.45, 7) is 4.67. The van der Waals surface area contributed by atoms with Gasteiger partial charge < -0.3 is 5.32 Å². The Labute approximate surface area is 353 Å². The van der Waals surface area contributed by atoms with Crippen LogP contribution in [0.15, 0.2) is 193 Å². The summed E-state index contributed by atoms with van der Waals surface area (Å²) in [6.07, 6.45) is 2.01. The number of thiophene rings is 1. The first kappa shape index (κ1) is 34.9. The molecule has 12 rings (SSSR count). The van der Waals surface area contributed by atoms with E-state index in [1.54, 1.807) is 0 Å². The van der Waals surface area contributed by atoms with Crippen molar-refractivity contribution in [3.05, 3.63) is 216 Å². The predicted molar refractivity (Wildman–Crippen MR) is 254 cm³/mol. The van der Waals surface area contributed by atoms with Crippen molar-refractivity contribution in [1.82, 2.24) is 10.3 Å². The topological polar surface area (TPSA) is 37.3 Å². The van der Waals surface area contributed by atoms with Crippen LogP contribution in [-0.4, -0.2) is 10.7 Å². The third-order valence-corrected chi connectivity index (χ3v) is 14.0. The van der Waals surface area contributed by atoms with Crippen LogP contribution in [0, 0.1) is 0 Å². The third-order valence-electron chi connectivity index (χ3n) is 12.7. The molecule has 0 spiro atoms. The number of fused-ring (bicyclic) bond motifs is 10. The maximum atomic E-state index is 5.32. The standard InChI is InChI=1S/C56H39N3S/c1-56(2)46-22-11-9-18-40(46)45-32-38(28-31-47(45)56)50-33-49(58-55(59-50)37-16-7-4-8-17-37)35-26-24-34(25-27-35)39-20-13-21-41-42-29-30-44-51(54(42)60-53(39)41)43-19-10-12-23-48(43)57-52(44)36-14-5-3-6-15-36/h3-33,55,59H,1-2H3. The second kappa shape index (κ2) is 13.5. The summed E-state index contributed by atoms with van der Waals surface area (Å²) in [5.41, 5.74) is 16.4. The lowest BCUT2D eigenvalue weighted by Crippen LogP contribution is -2.25. The average Bonchev–Trinajstić information content (AvgIpc) is 3.81. The van der Waals surface area contributed by atoms with Gasteiger partial charge >= 0.3 is 0 Å². The molecule has 284 valence electrons. The van der Waals surface area contributed by atoms with Gasteiger partial charge in [0.15, 0.2) is 0 Å². The molecule has 0 saturated heterocycles. The predicted octanol–water partition coefficient (Wildman–Crippen LogP) is 14.5. The number of rotatable bonds is 5. The van der Waals surface area contributed by atoms with E-state index >= 15 is 0 Å². The summed E-state index contributed by atoms with van der Waals surface area (Å²) in [4.78, 5) is 10.5. The fourth-order valence-corrected chi connectivity index (χ4v) is 11.1. The number of pyridine rings is 1. The maximum Gasteiger partial charge on any atom is 0.145 e. The molecule has 1 atom stereocenters. The van der Waals surface area contributed by atoms with E-state index in [-0.39, 0.29) is 11.6 Å². The van der Waals surface area contributed by atoms with Gasteiger partial charge in [-0.3, -0.25) is 4.99 Å². The van der Waals surface area contributed by atoms with Crippen LogP contribution in [0.2, 0.25) is 0 Å². The highest BCUT2D eigenvalue weighted by Gasteiger charge is 2.35. The molecule has 2 aliphatic rings. The number of nitrogens with zero attached hydrogens (tertiary/aromatic N) is 2. The summed E-state index contributed by atoms with van der Waals surface area (Å²) in [7, 11) is 0. The van der Waals surface area contributed by atoms with E-state index < -0.39 is 0 Å². The Morgan fingerprint density at radius 2 is 1.15 bits per heavy atom. The summed E-state index contributed by atoms with van der Waals surface area (Å²) >= 11 is 1.89. The van der Waals surface area contributed by atoms with Gasteiger partial charge in [0.05, 0.1) is 16.9 Å². The Morgan fingerprint density at radius 1 is 0.500 bits per heavy atom. The van der Waals surface area contributed by atoms with E-state index in [1.807, 2.05) is 11.3 Å². The molecule has 8 aromatic carbocycles. The van der Waals surface area contributed by atoms with E-state index in [4.69, 9.17) is 9.98 Å². The SMILES string of the molecule is CC1(C)c2ccccc2-c2cc(C3=CC(c4ccc(-c5cccc6c5sc5c6ccc6c(-c7ccccc7)nc7ccccc7c65)cc4)=NC(c4ccccc4)N3)ccc21. The minimum atomic E-state index is -0.214. The second-order valence-corrected chi connectivity index (χ2v) is 17.6. The van der Waals surface area contributed by atoms with Gasteiger partial charge in [-0.1, -0.05) is 184 Å². The molecular formula is C56H39N3S. The number of benzene rings is 8. The number of aliphatic imine (C=N–C) groups is 1. The average molecular weight is 786 g/mol. The van der Waals surface area contributed by atoms with Crippen molar-refractivity contribution in [2.24, 2.45) is 4.99 Å². The van der Waals surface area contributed by atoms with Crippen molar-refractivity contribution in [2.45, 2.75) is 25.4 Å². The number of hydrogen-bond acceptors (Lipinski definition) is 4. The molecule has 2 aromatic heterocycles. The van der Waals surface area contributed by atoms with Gasteiger partial charge in [-0.05, 0) is 68.3 Å². The first-order chi connectivity index (χ1) is 29.5. The van der Waals surface area contributed by atoms with Gasteiger partial charge in [-0.2, -0.15) is 0 Å². The molecule has 3 nitrogen and oxygen atoms in total. The van der Waals surface area contributed by atoms with Crippen molar-refractivity contribution in [1.29, 1.82) is 0 Å². The summed E-state index contributed by atoms with van der Waals surface area (Å²) < 4.78 is 2.59. The summed E-state index contributed by atoms with van der Waals surface area (Å²) in [5, 5.41) is 10.0. The highest BCUT2D eigenvalue weighted by Crippen LogP contribution is 2.50. The van der Waals surface area contributed by atoms with Crippen molar-refractivity contribution in [2.75, 3.05) is 0 Å². The smallest absolute Gasteiger partial charge is 0.145 e. The quantitative estimate of drug-likeness (QED) is 0.177. The fourth-order valence-electron chi connectivity index (χ4n) is 9.69. The molecule has 3 heterocycles. The number of para-hydroxylation sites is 1. The molecule has 1 N–H and O–H groups in total. The van der Waals surface area contributed by atoms with Crippen LogP contribution in [0.25, 0.3) is 81.1 Å². The number of hydrogen-bond donors (Lipinski definition) is 1. The molecule has 10 aromatic rings. The van der Waals surface area contributed by atoms with Gasteiger partial charge in [0.2, 0.25) is 0 Å². The highest BCUT2D eigenvalue weighted by molar-refractivity contribution is 7.27. The van der Waals surface area contributed by atoms with Gasteiger partial charge in [-0.25, -0.2) is 4.98 Å². The largest absolute Gasteiger partial charge is 0.360 e. The molecule has 0 radical (unpaired) electrons. The fraction of sp³-hybridized carbons (Fsp3) is 0.0714. The molecule has 1 aliphatic carbocycles. The van der Waals surface area contributed by atoms with Gasteiger partial charge in [0, 0.05) is 53.0 Å². The molecule has 1 unspecified atom stereocenters. The lowest BCUT2D eigenvalue weighted by molar-refractivity contribution is 0.658. The minimum absolute atomic E-state index is 0.0362. The molecule has 60 heavy (non-hydrogen) atoms. The Morgan fingerprint density at radius 3 is 2.00 bits per heavy atom. The maximum absolute atomic E-state index is 5.32. The van der Waals surface area contributed by atoms with Crippen molar-refractivity contribution >= 4 is 64.6 Å². The highest BCUT2D eigenvalue weighted by atomic mass is 32.1. The van der Waals surface area contributed by atoms with Crippen LogP contribution in [0.4, 0.5) is 0 Å². The van der Waals surface area contributed by atoms with Crippen molar-refractivity contribution < 1.29 is 0 Å². The van der Waals surface area contributed by atoms with Gasteiger partial charge in [0.25, 0.3) is 0 Å². The van der Waals surface area contributed by atoms with E-state index in [9.17, 15) is 0 Å². The number of allylic oxidation sites excluding steroid dienone is 1. The molecular weight excluding hydrogens is 747 g/mol. The second-order valence-electron chi connectivity index (χ2n) is 16.5. The van der Waals surface area contributed by atoms with Crippen molar-refractivity contribution in [3.8, 4) is 33.5 Å². The zero-order valence-electron chi connectivity index (χ0n) is 33.3. The zero-order valence-corrected chi connectivity index (χ0v) is 34.1. The van der Waals surface area contributed by atoms with Crippen LogP contribution in [0.3, 0.4) is 0 Å². The zero-order chi connectivity index (χ0) is 40.0. The lowest BCUT2D eigenvalue weighted by Gasteiger charge is -2.26. The van der Waals surface area contributed by atoms with E-state index in [0.717, 1.165) is 44.9 Å². The lowest BCUT2D eigenvalue weighted by atomic mass is 9.82. The Balaban J connectivity index is 0.964. The summed E-state index contributed by atoms with van der Waals surface area (Å²) in [6, 6.07) is 65.8. The van der Waals surface area contributed by atoms with Crippen LogP contribution >= 0.6 is 11.3 Å². The molecule has 0 fully saturated rings. The van der Waals surface area contributed by atoms with Gasteiger partial charge in [0.1, 0.15) is 6.17 Å². The van der Waals surface area contributed by atoms with Crippen LogP contribution in [0.1, 0.15) is 47.8 Å². The molecule has 4 heteroatoms. The van der Waals surface area contributed by atoms with E-state index in [1.165, 1.54) is 69.7 Å². The minimum Gasteiger partial charge on any atom is -0.360 e. The van der Waals surface area contributed by atoms with Crippen LogP contribution in [-0.2, 0) is 5.41 Å². The van der Waals surface area contributed by atoms with Crippen LogP contribution < -0.4 is 5.32 Å². The monoisotopic (exact) mass is 785 g/mol. The van der Waals surface area contributed by atoms with Gasteiger partial charge in [-0.15, -0.1) is 11.3 Å². The first-order valence-corrected chi connectivity index (χ1v) is 21.5. The molecule has 0 saturated carbocycles. The summed E-state index contributed by atoms with van der Waals surface area (Å²) in [5.74, 6) is 0. The number of nitrogens with one attached hydrogen (secondary N) is 1. The van der Waals surface area contributed by atoms with Crippen molar-refractivity contribution in [3.63, 3.8) is 0 Å². The Hall–Kier alpha value is -7.14. The normalized spacial score (nSPS) is 15.5. The van der Waals surface area contributed by atoms with E-state index in [2.05, 4.69) is 207 Å². The van der Waals surface area contributed by atoms with Crippen LogP contribution in [0.5, 0.6) is 0 Å².